The number of imide groups is 1. The van der Waals surface area contributed by atoms with Crippen molar-refractivity contribution in [3.05, 3.63) is 0 Å². The molecule has 20 heavy (non-hydrogen) atoms. The van der Waals surface area contributed by atoms with Crippen LogP contribution in [0.3, 0.4) is 0 Å². The van der Waals surface area contributed by atoms with Crippen molar-refractivity contribution in [1.29, 1.82) is 0 Å². The van der Waals surface area contributed by atoms with Crippen LogP contribution in [0.15, 0.2) is 0 Å². The maximum atomic E-state index is 12.3. The van der Waals surface area contributed by atoms with Gasteiger partial charge in [0.2, 0.25) is 11.8 Å². The van der Waals surface area contributed by atoms with Gasteiger partial charge in [-0.15, -0.1) is 0 Å². The second-order valence-corrected chi connectivity index (χ2v) is 8.43. The maximum Gasteiger partial charge on any atom is 0.233 e. The van der Waals surface area contributed by atoms with E-state index in [0.717, 1.165) is 12.8 Å². The van der Waals surface area contributed by atoms with Crippen LogP contribution in [0.2, 0.25) is 0 Å². The van der Waals surface area contributed by atoms with E-state index in [0.29, 0.717) is 12.8 Å². The fraction of sp³-hybridized carbons (Fsp3) is 0.875. The second kappa shape index (κ2) is 3.85. The van der Waals surface area contributed by atoms with E-state index in [1.54, 1.807) is 0 Å². The highest BCUT2D eigenvalue weighted by molar-refractivity contribution is 6.10. The number of amides is 2. The second-order valence-electron chi connectivity index (χ2n) is 8.43. The predicted octanol–water partition coefficient (Wildman–Crippen LogP) is 1.96. The minimum Gasteiger partial charge on any atom is -0.388 e. The first kappa shape index (κ1) is 14.1. The van der Waals surface area contributed by atoms with E-state index >= 15 is 0 Å². The fourth-order valence-corrected chi connectivity index (χ4v) is 4.00. The largest absolute Gasteiger partial charge is 0.388 e. The molecule has 0 aromatic carbocycles. The number of likely N-dealkylation sites (tertiary alicyclic amines) is 1. The average Bonchev–Trinajstić information content (AvgIpc) is 2.82. The summed E-state index contributed by atoms with van der Waals surface area (Å²) in [6, 6.07) is 0. The third-order valence-electron chi connectivity index (χ3n) is 5.88. The Morgan fingerprint density at radius 3 is 1.90 bits per heavy atom. The molecule has 2 saturated carbocycles. The lowest BCUT2D eigenvalue weighted by molar-refractivity contribution is -0.149. The summed E-state index contributed by atoms with van der Waals surface area (Å²) in [7, 11) is 0. The Morgan fingerprint density at radius 2 is 1.45 bits per heavy atom. The Balaban J connectivity index is 1.68. The van der Waals surface area contributed by atoms with E-state index in [4.69, 9.17) is 0 Å². The van der Waals surface area contributed by atoms with E-state index in [1.807, 2.05) is 13.8 Å². The van der Waals surface area contributed by atoms with Gasteiger partial charge in [0.1, 0.15) is 0 Å². The van der Waals surface area contributed by atoms with Crippen LogP contribution in [0.5, 0.6) is 0 Å². The third kappa shape index (κ3) is 1.92. The molecule has 3 rings (SSSR count). The number of carbonyl (C=O) groups is 2. The van der Waals surface area contributed by atoms with Crippen LogP contribution in [-0.2, 0) is 9.59 Å². The zero-order valence-corrected chi connectivity index (χ0v) is 12.9. The Hall–Kier alpha value is -0.900. The number of fused-ring (bicyclic) bond motifs is 1. The molecule has 4 heteroatoms. The van der Waals surface area contributed by atoms with Gasteiger partial charge < -0.3 is 5.11 Å². The molecule has 1 aliphatic heterocycles. The van der Waals surface area contributed by atoms with Crippen LogP contribution in [0.1, 0.15) is 53.4 Å². The Kier molecular flexibility index (Phi) is 2.70. The van der Waals surface area contributed by atoms with Crippen molar-refractivity contribution in [2.75, 3.05) is 6.54 Å². The molecule has 1 heterocycles. The Labute approximate surface area is 120 Å². The first-order chi connectivity index (χ1) is 9.07. The summed E-state index contributed by atoms with van der Waals surface area (Å²) in [6.07, 6.45) is 3.24. The number of rotatable bonds is 2. The lowest BCUT2D eigenvalue weighted by Gasteiger charge is -2.42. The first-order valence-electron chi connectivity index (χ1n) is 7.65. The van der Waals surface area contributed by atoms with Crippen LogP contribution >= 0.6 is 0 Å². The van der Waals surface area contributed by atoms with Crippen molar-refractivity contribution in [1.82, 2.24) is 4.90 Å². The van der Waals surface area contributed by atoms with Crippen molar-refractivity contribution < 1.29 is 14.7 Å². The molecule has 0 aromatic heterocycles. The van der Waals surface area contributed by atoms with Crippen molar-refractivity contribution in [3.63, 3.8) is 0 Å². The minimum absolute atomic E-state index is 0.0664. The lowest BCUT2D eigenvalue weighted by atomic mass is 9.71. The summed E-state index contributed by atoms with van der Waals surface area (Å²) in [5.41, 5.74) is -0.779. The minimum atomic E-state index is -0.873. The molecule has 1 N–H and O–H groups in total. The summed E-state index contributed by atoms with van der Waals surface area (Å²) in [5, 5.41) is 10.7. The number of β-amino-alcohol motifs (C(OH)–C–C–N with tert-alkyl or cyclic N) is 1. The van der Waals surface area contributed by atoms with Gasteiger partial charge in [0.25, 0.3) is 0 Å². The average molecular weight is 279 g/mol. The smallest absolute Gasteiger partial charge is 0.233 e. The summed E-state index contributed by atoms with van der Waals surface area (Å²) in [6.45, 7) is 8.57. The number of piperidine rings is 1. The predicted molar refractivity (Wildman–Crippen MR) is 74.7 cm³/mol. The van der Waals surface area contributed by atoms with Gasteiger partial charge in [-0.05, 0) is 36.5 Å². The molecule has 2 aliphatic carbocycles. The quantitative estimate of drug-likeness (QED) is 0.786. The zero-order valence-electron chi connectivity index (χ0n) is 12.9. The third-order valence-corrected chi connectivity index (χ3v) is 5.88. The van der Waals surface area contributed by atoms with Crippen molar-refractivity contribution in [2.45, 2.75) is 59.0 Å². The number of hydrogen-bond donors (Lipinski definition) is 1. The molecule has 2 amide bonds. The summed E-state index contributed by atoms with van der Waals surface area (Å²) < 4.78 is 0. The molecule has 3 fully saturated rings. The zero-order chi connectivity index (χ0) is 14.9. The Morgan fingerprint density at radius 1 is 1.00 bits per heavy atom. The molecule has 0 aromatic rings. The lowest BCUT2D eigenvalue weighted by Crippen LogP contribution is -2.50. The molecular formula is C16H25NO3. The number of carbonyl (C=O) groups excluding carboxylic acids is 2. The normalized spacial score (nSPS) is 37.0. The Bertz CT molecular complexity index is 446. The SMILES string of the molecule is CC1(C)CCC(O)(CN2C(=O)C3C(C2=O)C3(C)C)CC1. The van der Waals surface area contributed by atoms with Gasteiger partial charge in [0.15, 0.2) is 0 Å². The van der Waals surface area contributed by atoms with Gasteiger partial charge in [-0.25, -0.2) is 0 Å². The van der Waals surface area contributed by atoms with Crippen molar-refractivity contribution in [2.24, 2.45) is 22.7 Å². The van der Waals surface area contributed by atoms with Crippen LogP contribution < -0.4 is 0 Å². The monoisotopic (exact) mass is 279 g/mol. The highest BCUT2D eigenvalue weighted by atomic mass is 16.3. The number of nitrogens with zero attached hydrogens (tertiary/aromatic N) is 1. The van der Waals surface area contributed by atoms with E-state index in [2.05, 4.69) is 13.8 Å². The molecule has 2 atom stereocenters. The van der Waals surface area contributed by atoms with E-state index in [1.165, 1.54) is 4.90 Å². The fourth-order valence-electron chi connectivity index (χ4n) is 4.00. The molecule has 0 spiro atoms. The van der Waals surface area contributed by atoms with Crippen LogP contribution in [0, 0.1) is 22.7 Å². The maximum absolute atomic E-state index is 12.3. The number of aliphatic hydroxyl groups is 1. The van der Waals surface area contributed by atoms with Gasteiger partial charge in [-0.2, -0.15) is 0 Å². The van der Waals surface area contributed by atoms with Gasteiger partial charge in [0, 0.05) is 0 Å². The molecule has 0 radical (unpaired) electrons. The molecule has 1 saturated heterocycles. The standard InChI is InChI=1S/C16H25NO3/c1-14(2)5-7-16(20,8-6-14)9-17-12(18)10-11(13(17)19)15(10,3)4/h10-11,20H,5-9H2,1-4H3. The summed E-state index contributed by atoms with van der Waals surface area (Å²) in [5.74, 6) is -0.413. The summed E-state index contributed by atoms with van der Waals surface area (Å²) >= 11 is 0. The van der Waals surface area contributed by atoms with E-state index < -0.39 is 5.60 Å². The highest BCUT2D eigenvalue weighted by Gasteiger charge is 2.72. The van der Waals surface area contributed by atoms with Gasteiger partial charge in [-0.1, -0.05) is 27.7 Å². The van der Waals surface area contributed by atoms with Crippen LogP contribution in [0.25, 0.3) is 0 Å². The van der Waals surface area contributed by atoms with Crippen molar-refractivity contribution >= 4 is 11.8 Å². The molecule has 4 nitrogen and oxygen atoms in total. The van der Waals surface area contributed by atoms with E-state index in [-0.39, 0.29) is 41.0 Å². The van der Waals surface area contributed by atoms with Gasteiger partial charge in [0.05, 0.1) is 24.0 Å². The summed E-state index contributed by atoms with van der Waals surface area (Å²) in [4.78, 5) is 26.0. The van der Waals surface area contributed by atoms with Gasteiger partial charge >= 0.3 is 0 Å². The molecule has 2 unspecified atom stereocenters. The number of hydrogen-bond acceptors (Lipinski definition) is 3. The van der Waals surface area contributed by atoms with Crippen LogP contribution in [0.4, 0.5) is 0 Å². The molecule has 112 valence electrons. The molecule has 0 bridgehead atoms. The van der Waals surface area contributed by atoms with Crippen LogP contribution in [-0.4, -0.2) is 34.0 Å². The molecule has 3 aliphatic rings. The van der Waals surface area contributed by atoms with Gasteiger partial charge in [-0.3, -0.25) is 14.5 Å². The van der Waals surface area contributed by atoms with Crippen molar-refractivity contribution in [3.8, 4) is 0 Å². The highest BCUT2D eigenvalue weighted by Crippen LogP contribution is 2.63. The van der Waals surface area contributed by atoms with E-state index in [9.17, 15) is 14.7 Å². The topological polar surface area (TPSA) is 57.6 Å². The first-order valence-corrected chi connectivity index (χ1v) is 7.65. The molecular weight excluding hydrogens is 254 g/mol.